The number of amides is 1. The molecule has 140 valence electrons. The second-order valence-electron chi connectivity index (χ2n) is 6.76. The van der Waals surface area contributed by atoms with Crippen LogP contribution in [0.15, 0.2) is 24.4 Å². The van der Waals surface area contributed by atoms with Crippen molar-refractivity contribution in [1.29, 1.82) is 0 Å². The Morgan fingerprint density at radius 3 is 2.70 bits per heavy atom. The van der Waals surface area contributed by atoms with Gasteiger partial charge in [-0.15, -0.1) is 0 Å². The molecule has 3 aromatic heterocycles. The van der Waals surface area contributed by atoms with E-state index in [1.807, 2.05) is 0 Å². The van der Waals surface area contributed by atoms with Crippen molar-refractivity contribution in [2.24, 2.45) is 0 Å². The largest absolute Gasteiger partial charge is 0.311 e. The average molecular weight is 392 g/mol. The predicted molar refractivity (Wildman–Crippen MR) is 97.5 cm³/mol. The summed E-state index contributed by atoms with van der Waals surface area (Å²) in [6, 6.07) is 4.28. The Morgan fingerprint density at radius 2 is 2.07 bits per heavy atom. The summed E-state index contributed by atoms with van der Waals surface area (Å²) in [5.74, 6) is -2.54. The molecular formula is C18H16ClF2N5O. The summed E-state index contributed by atoms with van der Waals surface area (Å²) in [7, 11) is 0. The molecule has 1 saturated carbocycles. The minimum atomic E-state index is -3.13. The van der Waals surface area contributed by atoms with Crippen LogP contribution in [-0.4, -0.2) is 25.7 Å². The Labute approximate surface area is 158 Å². The molecule has 0 unspecified atom stereocenters. The van der Waals surface area contributed by atoms with E-state index >= 15 is 0 Å². The van der Waals surface area contributed by atoms with E-state index in [1.54, 1.807) is 12.3 Å². The normalized spacial score (nSPS) is 14.6. The summed E-state index contributed by atoms with van der Waals surface area (Å²) < 4.78 is 29.1. The number of hydrogen-bond donors (Lipinski definition) is 1. The maximum absolute atomic E-state index is 13.8. The summed E-state index contributed by atoms with van der Waals surface area (Å²) in [6.45, 7) is 2.15. The molecule has 0 radical (unpaired) electrons. The summed E-state index contributed by atoms with van der Waals surface area (Å²) in [5, 5.41) is 8.17. The highest BCUT2D eigenvalue weighted by Gasteiger charge is 2.31. The molecule has 27 heavy (non-hydrogen) atoms. The predicted octanol–water partition coefficient (Wildman–Crippen LogP) is 4.42. The summed E-state index contributed by atoms with van der Waals surface area (Å²) in [4.78, 5) is 19.7. The van der Waals surface area contributed by atoms with Gasteiger partial charge in [0.1, 0.15) is 11.5 Å². The number of fused-ring (bicyclic) bond motifs is 1. The number of alkyl halides is 2. The number of pyridine rings is 2. The molecule has 0 aliphatic heterocycles. The van der Waals surface area contributed by atoms with Crippen LogP contribution in [-0.2, 0) is 10.7 Å². The molecule has 4 rings (SSSR count). The molecule has 3 heterocycles. The molecule has 0 bridgehead atoms. The highest BCUT2D eigenvalue weighted by molar-refractivity contribution is 6.30. The van der Waals surface area contributed by atoms with E-state index in [-0.39, 0.29) is 16.7 Å². The van der Waals surface area contributed by atoms with Gasteiger partial charge in [-0.25, -0.2) is 14.6 Å². The fourth-order valence-corrected chi connectivity index (χ4v) is 3.13. The number of hydrogen-bond acceptors (Lipinski definition) is 4. The Balaban J connectivity index is 1.93. The minimum absolute atomic E-state index is 0.143. The van der Waals surface area contributed by atoms with E-state index in [1.165, 1.54) is 17.7 Å². The van der Waals surface area contributed by atoms with Crippen LogP contribution in [0.5, 0.6) is 0 Å². The smallest absolute Gasteiger partial charge is 0.287 e. The summed E-state index contributed by atoms with van der Waals surface area (Å²) in [6.07, 6.45) is 3.67. The van der Waals surface area contributed by atoms with Gasteiger partial charge in [-0.2, -0.15) is 13.9 Å². The Bertz CT molecular complexity index is 1060. The van der Waals surface area contributed by atoms with Crippen LogP contribution in [0.25, 0.3) is 16.7 Å². The maximum Gasteiger partial charge on any atom is 0.287 e. The van der Waals surface area contributed by atoms with Gasteiger partial charge in [0.25, 0.3) is 5.92 Å². The molecule has 3 aromatic rings. The van der Waals surface area contributed by atoms with Gasteiger partial charge in [0, 0.05) is 48.5 Å². The molecule has 6 nitrogen and oxygen atoms in total. The van der Waals surface area contributed by atoms with Crippen molar-refractivity contribution >= 4 is 34.2 Å². The second kappa shape index (κ2) is 6.23. The van der Waals surface area contributed by atoms with Gasteiger partial charge in [0.15, 0.2) is 5.82 Å². The number of carbonyl (C=O) groups excluding carboxylic acids is 1. The topological polar surface area (TPSA) is 72.7 Å². The Hall–Kier alpha value is -2.61. The Kier molecular flexibility index (Phi) is 4.10. The number of nitrogens with zero attached hydrogens (tertiary/aromatic N) is 4. The molecular weight excluding hydrogens is 376 g/mol. The number of carbonyl (C=O) groups is 1. The number of anilines is 1. The van der Waals surface area contributed by atoms with Gasteiger partial charge in [0.05, 0.1) is 11.2 Å². The fraction of sp³-hybridized carbons (Fsp3) is 0.333. The lowest BCUT2D eigenvalue weighted by Crippen LogP contribution is -2.12. The minimum Gasteiger partial charge on any atom is -0.311 e. The second-order valence-corrected chi connectivity index (χ2v) is 7.19. The first-order chi connectivity index (χ1) is 12.7. The first kappa shape index (κ1) is 17.8. The van der Waals surface area contributed by atoms with Crippen LogP contribution in [0.4, 0.5) is 14.6 Å². The van der Waals surface area contributed by atoms with Crippen LogP contribution in [0, 0.1) is 0 Å². The molecule has 1 amide bonds. The fourth-order valence-electron chi connectivity index (χ4n) is 2.93. The highest BCUT2D eigenvalue weighted by atomic mass is 35.5. The zero-order valence-electron chi connectivity index (χ0n) is 14.6. The summed E-state index contributed by atoms with van der Waals surface area (Å²) in [5.41, 5.74) is 1.03. The van der Waals surface area contributed by atoms with Crippen molar-refractivity contribution in [3.05, 3.63) is 40.8 Å². The van der Waals surface area contributed by atoms with E-state index < -0.39 is 11.6 Å². The standard InChI is InChI=1S/C18H16ClF2N5O/c1-9(27)23-15-7-13-12(8-22-15)17(10-3-4-10)25-26(13)16-6-11(19)5-14(24-16)18(2,20)21/h5-8,10H,3-4H2,1-2H3,(H,22,23,27). The zero-order chi connectivity index (χ0) is 19.3. The van der Waals surface area contributed by atoms with E-state index in [4.69, 9.17) is 11.6 Å². The number of halogens is 3. The monoisotopic (exact) mass is 391 g/mol. The molecule has 0 atom stereocenters. The van der Waals surface area contributed by atoms with Gasteiger partial charge in [-0.1, -0.05) is 11.6 Å². The van der Waals surface area contributed by atoms with Crippen LogP contribution in [0.1, 0.15) is 44.0 Å². The molecule has 0 saturated heterocycles. The molecule has 1 aliphatic rings. The quantitative estimate of drug-likeness (QED) is 0.714. The highest BCUT2D eigenvalue weighted by Crippen LogP contribution is 2.43. The first-order valence-corrected chi connectivity index (χ1v) is 8.82. The molecule has 9 heteroatoms. The van der Waals surface area contributed by atoms with E-state index in [9.17, 15) is 13.6 Å². The van der Waals surface area contributed by atoms with Crippen molar-refractivity contribution in [2.45, 2.75) is 38.5 Å². The molecule has 0 aromatic carbocycles. The molecule has 0 spiro atoms. The Morgan fingerprint density at radius 1 is 1.33 bits per heavy atom. The van der Waals surface area contributed by atoms with Crippen LogP contribution in [0.3, 0.4) is 0 Å². The van der Waals surface area contributed by atoms with Gasteiger partial charge < -0.3 is 5.32 Å². The van der Waals surface area contributed by atoms with Gasteiger partial charge in [0.2, 0.25) is 5.91 Å². The summed E-state index contributed by atoms with van der Waals surface area (Å²) >= 11 is 6.06. The van der Waals surface area contributed by atoms with Gasteiger partial charge in [-0.3, -0.25) is 4.79 Å². The number of rotatable bonds is 4. The third kappa shape index (κ3) is 3.49. The number of aromatic nitrogens is 4. The van der Waals surface area contributed by atoms with Crippen molar-refractivity contribution in [2.75, 3.05) is 5.32 Å². The van der Waals surface area contributed by atoms with Gasteiger partial charge >= 0.3 is 0 Å². The zero-order valence-corrected chi connectivity index (χ0v) is 15.4. The third-order valence-corrected chi connectivity index (χ3v) is 4.52. The van der Waals surface area contributed by atoms with Crippen molar-refractivity contribution < 1.29 is 13.6 Å². The number of nitrogens with one attached hydrogen (secondary N) is 1. The average Bonchev–Trinajstić information content (AvgIpc) is 3.34. The SMILES string of the molecule is CC(=O)Nc1cc2c(cn1)c(C1CC1)nn2-c1cc(Cl)cc(C(C)(F)F)n1. The maximum atomic E-state index is 13.8. The third-order valence-electron chi connectivity index (χ3n) is 4.31. The van der Waals surface area contributed by atoms with Crippen molar-refractivity contribution in [3.63, 3.8) is 0 Å². The molecule has 1 aliphatic carbocycles. The lowest BCUT2D eigenvalue weighted by molar-refractivity contribution is -0.114. The van der Waals surface area contributed by atoms with E-state index in [2.05, 4.69) is 20.4 Å². The van der Waals surface area contributed by atoms with Crippen molar-refractivity contribution in [3.8, 4) is 5.82 Å². The van der Waals surface area contributed by atoms with Crippen molar-refractivity contribution in [1.82, 2.24) is 19.7 Å². The van der Waals surface area contributed by atoms with Crippen LogP contribution in [0.2, 0.25) is 5.02 Å². The lowest BCUT2D eigenvalue weighted by atomic mass is 10.2. The molecule has 1 N–H and O–H groups in total. The van der Waals surface area contributed by atoms with Gasteiger partial charge in [-0.05, 0) is 18.9 Å². The van der Waals surface area contributed by atoms with Crippen LogP contribution >= 0.6 is 11.6 Å². The lowest BCUT2D eigenvalue weighted by Gasteiger charge is -2.12. The van der Waals surface area contributed by atoms with E-state index in [0.717, 1.165) is 36.9 Å². The first-order valence-electron chi connectivity index (χ1n) is 8.45. The van der Waals surface area contributed by atoms with Crippen LogP contribution < -0.4 is 5.32 Å². The van der Waals surface area contributed by atoms with E-state index in [0.29, 0.717) is 17.3 Å². The molecule has 1 fully saturated rings.